The lowest BCUT2D eigenvalue weighted by molar-refractivity contribution is 0.0316. The van der Waals surface area contributed by atoms with Gasteiger partial charge in [0.05, 0.1) is 6.10 Å². The lowest BCUT2D eigenvalue weighted by Crippen LogP contribution is -2.52. The van der Waals surface area contributed by atoms with Gasteiger partial charge in [0, 0.05) is 6.04 Å². The molecule has 0 aromatic carbocycles. The quantitative estimate of drug-likeness (QED) is 0.484. The average molecular weight is 127 g/mol. The Morgan fingerprint density at radius 2 is 2.22 bits per heavy atom. The number of fused-ring (bicyclic) bond motifs is 3. The molecule has 0 radical (unpaired) electrons. The summed E-state index contributed by atoms with van der Waals surface area (Å²) in [5.74, 6) is 0.769. The van der Waals surface area contributed by atoms with Crippen molar-refractivity contribution < 1.29 is 5.11 Å². The molecule has 2 heteroatoms. The third-order valence-corrected chi connectivity index (χ3v) is 2.59. The molecule has 0 aromatic heterocycles. The molecule has 1 aliphatic carbocycles. The van der Waals surface area contributed by atoms with Crippen molar-refractivity contribution in [3.05, 3.63) is 0 Å². The first-order valence-corrected chi connectivity index (χ1v) is 3.78. The monoisotopic (exact) mass is 127 g/mol. The number of rotatable bonds is 0. The smallest absolute Gasteiger partial charge is 0.0696 e. The van der Waals surface area contributed by atoms with Crippen molar-refractivity contribution in [1.29, 1.82) is 0 Å². The molecule has 1 saturated carbocycles. The molecule has 52 valence electrons. The molecule has 3 fully saturated rings. The molecule has 2 nitrogen and oxygen atoms in total. The van der Waals surface area contributed by atoms with Gasteiger partial charge in [-0.15, -0.1) is 0 Å². The Morgan fingerprint density at radius 3 is 2.44 bits per heavy atom. The highest BCUT2D eigenvalue weighted by Gasteiger charge is 2.33. The predicted molar refractivity (Wildman–Crippen MR) is 35.1 cm³/mol. The number of aliphatic hydroxyl groups excluding tert-OH is 1. The molecule has 3 rings (SSSR count). The summed E-state index contributed by atoms with van der Waals surface area (Å²) >= 11 is 0. The zero-order valence-electron chi connectivity index (χ0n) is 5.51. The van der Waals surface area contributed by atoms with E-state index in [1.807, 2.05) is 0 Å². The Labute approximate surface area is 55.3 Å². The van der Waals surface area contributed by atoms with Gasteiger partial charge in [-0.2, -0.15) is 0 Å². The van der Waals surface area contributed by atoms with Gasteiger partial charge in [0.2, 0.25) is 0 Å². The summed E-state index contributed by atoms with van der Waals surface area (Å²) in [6, 6.07) is 0.426. The third-order valence-electron chi connectivity index (χ3n) is 2.59. The molecule has 0 amide bonds. The maximum Gasteiger partial charge on any atom is 0.0696 e. The zero-order valence-corrected chi connectivity index (χ0v) is 5.51. The van der Waals surface area contributed by atoms with Crippen LogP contribution in [0.1, 0.15) is 19.3 Å². The van der Waals surface area contributed by atoms with E-state index in [1.165, 1.54) is 12.8 Å². The van der Waals surface area contributed by atoms with Gasteiger partial charge in [-0.3, -0.25) is 0 Å². The largest absolute Gasteiger partial charge is 0.391 e. The van der Waals surface area contributed by atoms with E-state index in [2.05, 4.69) is 5.32 Å². The fraction of sp³-hybridized carbons (Fsp3) is 1.00. The first-order valence-electron chi connectivity index (χ1n) is 3.78. The first kappa shape index (κ1) is 5.69. The second kappa shape index (κ2) is 1.96. The summed E-state index contributed by atoms with van der Waals surface area (Å²) in [5, 5.41) is 12.7. The molecule has 2 aliphatic heterocycles. The van der Waals surface area contributed by atoms with Gasteiger partial charge >= 0.3 is 0 Å². The second-order valence-corrected chi connectivity index (χ2v) is 3.26. The maximum atomic E-state index is 9.34. The number of aliphatic hydroxyl groups is 1. The van der Waals surface area contributed by atoms with E-state index >= 15 is 0 Å². The van der Waals surface area contributed by atoms with Crippen molar-refractivity contribution >= 4 is 0 Å². The van der Waals surface area contributed by atoms with Gasteiger partial charge in [-0.05, 0) is 31.7 Å². The highest BCUT2D eigenvalue weighted by molar-refractivity contribution is 4.90. The Kier molecular flexibility index (Phi) is 1.24. The molecule has 0 aromatic rings. The van der Waals surface area contributed by atoms with Crippen molar-refractivity contribution in [3.63, 3.8) is 0 Å². The fourth-order valence-electron chi connectivity index (χ4n) is 1.97. The minimum absolute atomic E-state index is 0.0440. The normalized spacial score (nSPS) is 49.7. The van der Waals surface area contributed by atoms with E-state index in [4.69, 9.17) is 0 Å². The average Bonchev–Trinajstić information content (AvgIpc) is 1.90. The standard InChI is InChI=1S/C7H13NO/c9-7-3-5-1-2-6(7)8-4-5/h5-9H,1-4H2/t5?,6?,7-/m1/s1. The molecular weight excluding hydrogens is 114 g/mol. The van der Waals surface area contributed by atoms with E-state index in [0.717, 1.165) is 18.9 Å². The van der Waals surface area contributed by atoms with Gasteiger partial charge < -0.3 is 10.4 Å². The summed E-state index contributed by atoms with van der Waals surface area (Å²) in [7, 11) is 0. The molecule has 3 atom stereocenters. The van der Waals surface area contributed by atoms with Crippen LogP contribution in [0.5, 0.6) is 0 Å². The van der Waals surface area contributed by atoms with Crippen LogP contribution in [0, 0.1) is 5.92 Å². The van der Waals surface area contributed by atoms with Crippen molar-refractivity contribution in [1.82, 2.24) is 5.32 Å². The molecule has 2 bridgehead atoms. The molecule has 3 aliphatic rings. The van der Waals surface area contributed by atoms with E-state index in [9.17, 15) is 5.11 Å². The fourth-order valence-corrected chi connectivity index (χ4v) is 1.97. The van der Waals surface area contributed by atoms with E-state index in [-0.39, 0.29) is 6.10 Å². The molecule has 2 N–H and O–H groups in total. The van der Waals surface area contributed by atoms with Crippen LogP contribution in [0.4, 0.5) is 0 Å². The predicted octanol–water partition coefficient (Wildman–Crippen LogP) is 0.119. The van der Waals surface area contributed by atoms with Crippen molar-refractivity contribution in [3.8, 4) is 0 Å². The Hall–Kier alpha value is -0.0800. The molecular formula is C7H13NO. The Bertz CT molecular complexity index is 107. The second-order valence-electron chi connectivity index (χ2n) is 3.26. The molecule has 2 heterocycles. The topological polar surface area (TPSA) is 32.3 Å². The summed E-state index contributed by atoms with van der Waals surface area (Å²) < 4.78 is 0. The third kappa shape index (κ3) is 0.864. The van der Waals surface area contributed by atoms with Crippen LogP contribution in [-0.2, 0) is 0 Å². The Morgan fingerprint density at radius 1 is 1.33 bits per heavy atom. The first-order chi connectivity index (χ1) is 4.36. The number of piperidine rings is 2. The van der Waals surface area contributed by atoms with E-state index in [0.29, 0.717) is 6.04 Å². The van der Waals surface area contributed by atoms with Gasteiger partial charge in [0.25, 0.3) is 0 Å². The van der Waals surface area contributed by atoms with Crippen molar-refractivity contribution in [2.24, 2.45) is 5.92 Å². The van der Waals surface area contributed by atoms with Gasteiger partial charge in [0.15, 0.2) is 0 Å². The van der Waals surface area contributed by atoms with Crippen LogP contribution in [0.3, 0.4) is 0 Å². The lowest BCUT2D eigenvalue weighted by atomic mass is 9.80. The minimum Gasteiger partial charge on any atom is -0.391 e. The molecule has 0 spiro atoms. The van der Waals surface area contributed by atoms with Crippen molar-refractivity contribution in [2.75, 3.05) is 6.54 Å². The van der Waals surface area contributed by atoms with E-state index in [1.54, 1.807) is 0 Å². The summed E-state index contributed by atoms with van der Waals surface area (Å²) in [5.41, 5.74) is 0. The summed E-state index contributed by atoms with van der Waals surface area (Å²) in [6.07, 6.45) is 3.51. The van der Waals surface area contributed by atoms with Crippen molar-refractivity contribution in [2.45, 2.75) is 31.4 Å². The van der Waals surface area contributed by atoms with Gasteiger partial charge in [0.1, 0.15) is 0 Å². The lowest BCUT2D eigenvalue weighted by Gasteiger charge is -2.40. The van der Waals surface area contributed by atoms with Crippen LogP contribution < -0.4 is 5.32 Å². The molecule has 2 saturated heterocycles. The number of hydrogen-bond acceptors (Lipinski definition) is 2. The summed E-state index contributed by atoms with van der Waals surface area (Å²) in [6.45, 7) is 1.14. The SMILES string of the molecule is O[C@@H]1CC2CCC1NC2. The van der Waals surface area contributed by atoms with Crippen LogP contribution in [0.15, 0.2) is 0 Å². The number of nitrogens with one attached hydrogen (secondary N) is 1. The highest BCUT2D eigenvalue weighted by atomic mass is 16.3. The highest BCUT2D eigenvalue weighted by Crippen LogP contribution is 2.28. The zero-order chi connectivity index (χ0) is 6.27. The maximum absolute atomic E-state index is 9.34. The number of hydrogen-bond donors (Lipinski definition) is 2. The van der Waals surface area contributed by atoms with Crippen LogP contribution in [0.25, 0.3) is 0 Å². The summed E-state index contributed by atoms with van der Waals surface area (Å²) in [4.78, 5) is 0. The van der Waals surface area contributed by atoms with E-state index < -0.39 is 0 Å². The van der Waals surface area contributed by atoms with Gasteiger partial charge in [-0.1, -0.05) is 0 Å². The van der Waals surface area contributed by atoms with Crippen LogP contribution in [-0.4, -0.2) is 23.8 Å². The molecule has 9 heavy (non-hydrogen) atoms. The molecule has 2 unspecified atom stereocenters. The Balaban J connectivity index is 2.06. The minimum atomic E-state index is -0.0440. The van der Waals surface area contributed by atoms with Crippen LogP contribution >= 0.6 is 0 Å². The van der Waals surface area contributed by atoms with Crippen LogP contribution in [0.2, 0.25) is 0 Å². The van der Waals surface area contributed by atoms with Gasteiger partial charge in [-0.25, -0.2) is 0 Å².